The summed E-state index contributed by atoms with van der Waals surface area (Å²) in [5.41, 5.74) is 6.45. The molecular weight excluding hydrogens is 298 g/mol. The summed E-state index contributed by atoms with van der Waals surface area (Å²) in [5, 5.41) is 9.13. The molecule has 0 saturated heterocycles. The number of benzene rings is 1. The molecule has 0 aliphatic heterocycles. The molecule has 1 heterocycles. The second-order valence-corrected chi connectivity index (χ2v) is 5.81. The van der Waals surface area contributed by atoms with Crippen molar-refractivity contribution < 1.29 is 14.7 Å². The van der Waals surface area contributed by atoms with Gasteiger partial charge in [-0.1, -0.05) is 6.07 Å². The minimum absolute atomic E-state index is 0.0500. The number of likely N-dealkylation sites (N-methyl/N-ethyl adjacent to an activating group) is 1. The van der Waals surface area contributed by atoms with Gasteiger partial charge in [-0.15, -0.1) is 0 Å². The van der Waals surface area contributed by atoms with E-state index < -0.39 is 23.9 Å². The van der Waals surface area contributed by atoms with Crippen molar-refractivity contribution in [1.29, 1.82) is 0 Å². The van der Waals surface area contributed by atoms with E-state index in [1.54, 1.807) is 18.2 Å². The average molecular weight is 315 g/mol. The van der Waals surface area contributed by atoms with Crippen LogP contribution in [0.1, 0.15) is 29.2 Å². The van der Waals surface area contributed by atoms with E-state index in [2.05, 4.69) is 0 Å². The number of carbonyl (C=O) groups excluding carboxylic acids is 1. The second kappa shape index (κ2) is 5.42. The van der Waals surface area contributed by atoms with Crippen LogP contribution in [0.5, 0.6) is 0 Å². The molecule has 1 aromatic carbocycles. The van der Waals surface area contributed by atoms with Crippen molar-refractivity contribution in [1.82, 2.24) is 9.47 Å². The molecule has 1 fully saturated rings. The third kappa shape index (κ3) is 2.65. The Hall–Kier alpha value is -2.83. The lowest BCUT2D eigenvalue weighted by atomic mass is 10.1. The summed E-state index contributed by atoms with van der Waals surface area (Å²) in [6.07, 6.45) is 3.49. The van der Waals surface area contributed by atoms with Gasteiger partial charge in [-0.2, -0.15) is 0 Å². The van der Waals surface area contributed by atoms with Crippen LogP contribution in [0, 0.1) is 0 Å². The van der Waals surface area contributed by atoms with Gasteiger partial charge in [0.25, 0.3) is 5.91 Å². The maximum atomic E-state index is 12.7. The number of amides is 1. The summed E-state index contributed by atoms with van der Waals surface area (Å²) >= 11 is 0. The number of carboxylic acids is 1. The summed E-state index contributed by atoms with van der Waals surface area (Å²) in [7, 11) is 1.36. The number of aromatic nitrogens is 1. The first-order valence-corrected chi connectivity index (χ1v) is 7.30. The van der Waals surface area contributed by atoms with Gasteiger partial charge in [0.1, 0.15) is 12.1 Å². The second-order valence-electron chi connectivity index (χ2n) is 5.81. The minimum atomic E-state index is -1.14. The van der Waals surface area contributed by atoms with E-state index in [0.29, 0.717) is 16.6 Å². The predicted molar refractivity (Wildman–Crippen MR) is 85.5 cm³/mol. The van der Waals surface area contributed by atoms with Gasteiger partial charge in [0, 0.05) is 25.0 Å². The number of nitrogens with two attached hydrogens (primary N) is 1. The Morgan fingerprint density at radius 2 is 2.09 bits per heavy atom. The van der Waals surface area contributed by atoms with Crippen LogP contribution in [-0.2, 0) is 4.79 Å². The van der Waals surface area contributed by atoms with Crippen molar-refractivity contribution in [2.24, 2.45) is 0 Å². The first-order valence-electron chi connectivity index (χ1n) is 7.30. The lowest BCUT2D eigenvalue weighted by Crippen LogP contribution is -2.35. The van der Waals surface area contributed by atoms with Gasteiger partial charge in [-0.05, 0) is 25.0 Å². The molecule has 3 rings (SSSR count). The Labute approximate surface area is 131 Å². The fourth-order valence-corrected chi connectivity index (χ4v) is 2.71. The number of hydrogen-bond donors (Lipinski definition) is 2. The Morgan fingerprint density at radius 1 is 1.39 bits per heavy atom. The molecule has 1 aliphatic rings. The number of carbonyl (C=O) groups is 2. The fraction of sp³-hybridized carbons (Fsp3) is 0.312. The Kier molecular flexibility index (Phi) is 3.55. The molecule has 0 radical (unpaired) electrons. The monoisotopic (exact) mass is 315 g/mol. The highest BCUT2D eigenvalue weighted by atomic mass is 16.4. The third-order valence-electron chi connectivity index (χ3n) is 3.98. The van der Waals surface area contributed by atoms with Crippen LogP contribution in [-0.4, -0.2) is 40.0 Å². The molecule has 0 spiro atoms. The van der Waals surface area contributed by atoms with Gasteiger partial charge in [-0.3, -0.25) is 14.4 Å². The summed E-state index contributed by atoms with van der Waals surface area (Å²) in [4.78, 5) is 36.9. The highest BCUT2D eigenvalue weighted by molar-refractivity contribution is 6.00. The fourth-order valence-electron chi connectivity index (χ4n) is 2.71. The third-order valence-corrected chi connectivity index (χ3v) is 3.98. The van der Waals surface area contributed by atoms with Gasteiger partial charge in [0.2, 0.25) is 5.43 Å². The number of nitrogen functional groups attached to an aromatic ring is 1. The van der Waals surface area contributed by atoms with E-state index in [4.69, 9.17) is 10.8 Å². The zero-order chi connectivity index (χ0) is 16.7. The molecular formula is C16H17N3O4. The molecule has 23 heavy (non-hydrogen) atoms. The summed E-state index contributed by atoms with van der Waals surface area (Å²) in [6.45, 7) is -0.468. The average Bonchev–Trinajstić information content (AvgIpc) is 3.31. The van der Waals surface area contributed by atoms with Crippen molar-refractivity contribution in [3.8, 4) is 0 Å². The van der Waals surface area contributed by atoms with E-state index in [1.807, 2.05) is 4.57 Å². The minimum Gasteiger partial charge on any atom is -0.480 e. The van der Waals surface area contributed by atoms with E-state index in [1.165, 1.54) is 13.2 Å². The lowest BCUT2D eigenvalue weighted by molar-refractivity contribution is -0.137. The molecule has 2 aromatic rings. The molecule has 1 saturated carbocycles. The van der Waals surface area contributed by atoms with Gasteiger partial charge in [0.05, 0.1) is 10.9 Å². The maximum absolute atomic E-state index is 12.7. The number of hydrogen-bond acceptors (Lipinski definition) is 4. The number of carboxylic acid groups (broad SMARTS) is 1. The van der Waals surface area contributed by atoms with Crippen LogP contribution >= 0.6 is 0 Å². The van der Waals surface area contributed by atoms with Crippen LogP contribution in [0.25, 0.3) is 10.9 Å². The highest BCUT2D eigenvalue weighted by Crippen LogP contribution is 2.37. The smallest absolute Gasteiger partial charge is 0.323 e. The van der Waals surface area contributed by atoms with Crippen LogP contribution in [0.15, 0.2) is 29.2 Å². The van der Waals surface area contributed by atoms with Crippen LogP contribution in [0.4, 0.5) is 5.69 Å². The first-order chi connectivity index (χ1) is 10.9. The first kappa shape index (κ1) is 15.1. The number of pyridine rings is 1. The molecule has 1 amide bonds. The molecule has 1 aliphatic carbocycles. The molecule has 0 atom stereocenters. The molecule has 120 valence electrons. The van der Waals surface area contributed by atoms with Gasteiger partial charge < -0.3 is 20.3 Å². The quantitative estimate of drug-likeness (QED) is 0.821. The van der Waals surface area contributed by atoms with Crippen molar-refractivity contribution >= 4 is 28.5 Å². The number of rotatable bonds is 4. The van der Waals surface area contributed by atoms with Gasteiger partial charge in [0.15, 0.2) is 0 Å². The SMILES string of the molecule is CN(CC(=O)O)C(=O)c1cn(C2CC2)c2cccc(N)c2c1=O. The topological polar surface area (TPSA) is 106 Å². The number of fused-ring (bicyclic) bond motifs is 1. The van der Waals surface area contributed by atoms with E-state index in [0.717, 1.165) is 17.7 Å². The number of aliphatic carboxylic acids is 1. The largest absolute Gasteiger partial charge is 0.480 e. The Bertz CT molecular complexity index is 867. The van der Waals surface area contributed by atoms with Crippen molar-refractivity contribution in [3.05, 3.63) is 40.2 Å². The van der Waals surface area contributed by atoms with E-state index in [9.17, 15) is 14.4 Å². The number of nitrogens with zero attached hydrogens (tertiary/aromatic N) is 2. The Balaban J connectivity index is 2.20. The van der Waals surface area contributed by atoms with E-state index in [-0.39, 0.29) is 11.6 Å². The molecule has 3 N–H and O–H groups in total. The lowest BCUT2D eigenvalue weighted by Gasteiger charge is -2.17. The van der Waals surface area contributed by atoms with Crippen molar-refractivity contribution in [2.45, 2.75) is 18.9 Å². The Morgan fingerprint density at radius 3 is 2.70 bits per heavy atom. The zero-order valence-electron chi connectivity index (χ0n) is 12.7. The summed E-state index contributed by atoms with van der Waals surface area (Å²) in [6, 6.07) is 5.45. The number of anilines is 1. The van der Waals surface area contributed by atoms with Gasteiger partial charge >= 0.3 is 5.97 Å². The highest BCUT2D eigenvalue weighted by Gasteiger charge is 2.28. The van der Waals surface area contributed by atoms with Crippen molar-refractivity contribution in [2.75, 3.05) is 19.3 Å². The molecule has 1 aromatic heterocycles. The van der Waals surface area contributed by atoms with E-state index >= 15 is 0 Å². The summed E-state index contributed by atoms with van der Waals surface area (Å²) in [5.74, 6) is -1.75. The zero-order valence-corrected chi connectivity index (χ0v) is 12.7. The van der Waals surface area contributed by atoms with Gasteiger partial charge in [-0.25, -0.2) is 0 Å². The molecule has 7 nitrogen and oxygen atoms in total. The van der Waals surface area contributed by atoms with Crippen LogP contribution in [0.3, 0.4) is 0 Å². The molecule has 0 bridgehead atoms. The van der Waals surface area contributed by atoms with Crippen LogP contribution in [0.2, 0.25) is 0 Å². The predicted octanol–water partition coefficient (Wildman–Crippen LogP) is 1.08. The molecule has 0 unspecified atom stereocenters. The standard InChI is InChI=1S/C16H17N3O4/c1-18(8-13(20)21)16(23)10-7-19(9-5-6-9)12-4-2-3-11(17)14(12)15(10)22/h2-4,7,9H,5-6,8,17H2,1H3,(H,20,21). The summed E-state index contributed by atoms with van der Waals surface area (Å²) < 4.78 is 1.90. The normalized spacial score (nSPS) is 14.0. The molecule has 7 heteroatoms. The van der Waals surface area contributed by atoms with Crippen molar-refractivity contribution in [3.63, 3.8) is 0 Å². The van der Waals surface area contributed by atoms with Crippen LogP contribution < -0.4 is 11.2 Å². The maximum Gasteiger partial charge on any atom is 0.323 e.